The number of nitrogen functional groups attached to an aromatic ring is 1. The fourth-order valence-corrected chi connectivity index (χ4v) is 7.51. The van der Waals surface area contributed by atoms with E-state index in [2.05, 4.69) is 10.3 Å². The van der Waals surface area contributed by atoms with E-state index in [0.29, 0.717) is 44.2 Å². The Morgan fingerprint density at radius 2 is 1.80 bits per heavy atom. The molecule has 6 N–H and O–H groups in total. The zero-order valence-electron chi connectivity index (χ0n) is 23.4. The first-order valence-corrected chi connectivity index (χ1v) is 14.7. The Morgan fingerprint density at radius 1 is 1.07 bits per heavy atom. The summed E-state index contributed by atoms with van der Waals surface area (Å²) < 4.78 is 0.0295. The van der Waals surface area contributed by atoms with Crippen LogP contribution in [0.4, 0.5) is 5.82 Å². The van der Waals surface area contributed by atoms with Crippen LogP contribution >= 0.6 is 0 Å². The molecule has 2 aromatic rings. The van der Waals surface area contributed by atoms with Gasteiger partial charge in [-0.1, -0.05) is 44.2 Å². The number of fused-ring (bicyclic) bond motifs is 1. The summed E-state index contributed by atoms with van der Waals surface area (Å²) in [5.41, 5.74) is 14.0. The average Bonchev–Trinajstić information content (AvgIpc) is 3.70. The number of aryl methyl sites for hydroxylation is 1. The van der Waals surface area contributed by atoms with E-state index in [1.807, 2.05) is 13.0 Å². The maximum atomic E-state index is 15.0. The van der Waals surface area contributed by atoms with Crippen LogP contribution in [-0.4, -0.2) is 50.5 Å². The van der Waals surface area contributed by atoms with Crippen molar-refractivity contribution in [2.45, 2.75) is 89.4 Å². The van der Waals surface area contributed by atoms with Crippen molar-refractivity contribution in [3.8, 4) is 0 Å². The zero-order valence-corrected chi connectivity index (χ0v) is 23.4. The van der Waals surface area contributed by atoms with Gasteiger partial charge in [-0.2, -0.15) is 0 Å². The molecule has 9 nitrogen and oxygen atoms in total. The number of carbonyl (C=O) groups excluding carboxylic acids is 2. The summed E-state index contributed by atoms with van der Waals surface area (Å²) in [4.78, 5) is 43.9. The number of primary amides is 1. The largest absolute Gasteiger partial charge is 0.478 e. The van der Waals surface area contributed by atoms with Crippen molar-refractivity contribution >= 4 is 23.6 Å². The average molecular weight is 549 g/mol. The molecule has 2 aliphatic carbocycles. The molecule has 1 unspecified atom stereocenters. The molecular formula is C31H42N5O4+. The molecule has 1 aromatic heterocycles. The van der Waals surface area contributed by atoms with E-state index in [1.165, 1.54) is 19.3 Å². The monoisotopic (exact) mass is 548 g/mol. The number of carboxylic acid groups (broad SMARTS) is 1. The molecule has 5 rings (SSSR count). The van der Waals surface area contributed by atoms with E-state index < -0.39 is 17.6 Å². The highest BCUT2D eigenvalue weighted by molar-refractivity contribution is 5.91. The second-order valence-corrected chi connectivity index (χ2v) is 12.2. The van der Waals surface area contributed by atoms with Crippen molar-refractivity contribution in [2.75, 3.05) is 12.3 Å². The molecule has 40 heavy (non-hydrogen) atoms. The van der Waals surface area contributed by atoms with Crippen LogP contribution in [0.5, 0.6) is 0 Å². The summed E-state index contributed by atoms with van der Waals surface area (Å²) in [5, 5.41) is 12.8. The Morgan fingerprint density at radius 3 is 2.45 bits per heavy atom. The standard InChI is InChI=1S/C31H41N5O4/c1-20-24(13-14-27(32)35-20)19-36(15-5-8-25-17-31(25,36)30(33)40)28(37)26(16-21-6-3-2-4-7-21)34-18-22-9-11-23(12-10-22)29(38)39/h9-14,21,25-26,34H,2-8,15-19H2,1H3,(H4-,32,33,35,38,39,40)/p+1/t25-,26-,31+,36?/m1/s1. The lowest BCUT2D eigenvalue weighted by Crippen LogP contribution is -2.71. The second kappa shape index (κ2) is 11.3. The molecule has 3 aliphatic rings. The number of rotatable bonds is 10. The maximum absolute atomic E-state index is 15.0. The molecule has 0 bridgehead atoms. The molecule has 214 valence electrons. The van der Waals surface area contributed by atoms with Gasteiger partial charge in [-0.05, 0) is 61.9 Å². The normalized spacial score (nSPS) is 27.0. The molecular weight excluding hydrogens is 506 g/mol. The SMILES string of the molecule is Cc1nc(N)ccc1C[N+]1(C(=O)[C@@H](CC2CCCCC2)NCc2ccc(C(=O)O)cc2)CCC[C@@H]2C[C@@]21C(N)=O. The van der Waals surface area contributed by atoms with Crippen molar-refractivity contribution < 1.29 is 24.0 Å². The van der Waals surface area contributed by atoms with E-state index in [9.17, 15) is 19.5 Å². The van der Waals surface area contributed by atoms with Crippen LogP contribution in [-0.2, 0) is 22.7 Å². The van der Waals surface area contributed by atoms with E-state index in [-0.39, 0.29) is 27.8 Å². The summed E-state index contributed by atoms with van der Waals surface area (Å²) in [6, 6.07) is 9.98. The first-order valence-electron chi connectivity index (χ1n) is 14.7. The van der Waals surface area contributed by atoms with E-state index in [1.54, 1.807) is 30.3 Å². The minimum absolute atomic E-state index is 0.0295. The first kappa shape index (κ1) is 28.2. The van der Waals surface area contributed by atoms with Crippen LogP contribution < -0.4 is 16.8 Å². The Labute approximate surface area is 235 Å². The molecule has 2 amide bonds. The second-order valence-electron chi connectivity index (χ2n) is 12.2. The summed E-state index contributed by atoms with van der Waals surface area (Å²) in [5.74, 6) is -0.336. The van der Waals surface area contributed by atoms with E-state index in [4.69, 9.17) is 11.5 Å². The Kier molecular flexibility index (Phi) is 7.97. The number of hydrogen-bond acceptors (Lipinski definition) is 6. The minimum atomic E-state index is -0.968. The lowest BCUT2D eigenvalue weighted by atomic mass is 9.83. The van der Waals surface area contributed by atoms with Gasteiger partial charge in [-0.15, -0.1) is 0 Å². The van der Waals surface area contributed by atoms with Crippen molar-refractivity contribution in [3.05, 3.63) is 58.8 Å². The third-order valence-corrected chi connectivity index (χ3v) is 9.78. The lowest BCUT2D eigenvalue weighted by Gasteiger charge is -2.46. The number of benzene rings is 1. The van der Waals surface area contributed by atoms with Crippen LogP contribution in [0.3, 0.4) is 0 Å². The number of nitrogens with zero attached hydrogens (tertiary/aromatic N) is 2. The zero-order chi connectivity index (χ0) is 28.5. The van der Waals surface area contributed by atoms with Gasteiger partial charge < -0.3 is 16.6 Å². The fraction of sp³-hybridized carbons (Fsp3) is 0.548. The number of aromatic nitrogens is 1. The Balaban J connectivity index is 1.49. The van der Waals surface area contributed by atoms with Gasteiger partial charge in [-0.25, -0.2) is 19.1 Å². The number of nitrogens with one attached hydrogen (secondary N) is 1. The van der Waals surface area contributed by atoms with Crippen LogP contribution in [0.25, 0.3) is 0 Å². The number of hydrogen-bond donors (Lipinski definition) is 4. The number of nitrogens with two attached hydrogens (primary N) is 2. The fourth-order valence-electron chi connectivity index (χ4n) is 7.51. The van der Waals surface area contributed by atoms with Gasteiger partial charge in [0.25, 0.3) is 5.91 Å². The first-order chi connectivity index (χ1) is 19.2. The third kappa shape index (κ3) is 5.24. The van der Waals surface area contributed by atoms with Crippen LogP contribution in [0.1, 0.15) is 85.0 Å². The summed E-state index contributed by atoms with van der Waals surface area (Å²) >= 11 is 0. The highest BCUT2D eigenvalue weighted by Crippen LogP contribution is 2.59. The molecule has 2 saturated carbocycles. The van der Waals surface area contributed by atoms with E-state index in [0.717, 1.165) is 42.5 Å². The number of carboxylic acids is 1. The number of anilines is 1. The van der Waals surface area contributed by atoms with Gasteiger partial charge in [0.15, 0.2) is 5.54 Å². The number of likely N-dealkylation sites (tertiary alicyclic amines) is 1. The van der Waals surface area contributed by atoms with Gasteiger partial charge in [0.05, 0.1) is 12.1 Å². The molecule has 0 radical (unpaired) electrons. The van der Waals surface area contributed by atoms with Gasteiger partial charge in [0.1, 0.15) is 18.4 Å². The van der Waals surface area contributed by atoms with Crippen LogP contribution in [0.2, 0.25) is 0 Å². The highest BCUT2D eigenvalue weighted by Gasteiger charge is 2.76. The Bertz CT molecular complexity index is 1270. The van der Waals surface area contributed by atoms with E-state index >= 15 is 0 Å². The van der Waals surface area contributed by atoms with Crippen molar-refractivity contribution in [1.29, 1.82) is 0 Å². The third-order valence-electron chi connectivity index (χ3n) is 9.78. The number of pyridine rings is 1. The summed E-state index contributed by atoms with van der Waals surface area (Å²) in [7, 11) is 0. The number of piperidine rings is 1. The minimum Gasteiger partial charge on any atom is -0.478 e. The number of amides is 2. The van der Waals surface area contributed by atoms with Crippen molar-refractivity contribution in [2.24, 2.45) is 17.6 Å². The van der Waals surface area contributed by atoms with Crippen molar-refractivity contribution in [3.63, 3.8) is 0 Å². The predicted octanol–water partition coefficient (Wildman–Crippen LogP) is 3.68. The lowest BCUT2D eigenvalue weighted by molar-refractivity contribution is -0.900. The molecule has 3 fully saturated rings. The molecule has 9 heteroatoms. The van der Waals surface area contributed by atoms with Gasteiger partial charge >= 0.3 is 11.9 Å². The summed E-state index contributed by atoms with van der Waals surface area (Å²) in [6.45, 7) is 3.26. The van der Waals surface area contributed by atoms with Gasteiger partial charge in [0.2, 0.25) is 0 Å². The summed E-state index contributed by atoms with van der Waals surface area (Å²) in [6.07, 6.45) is 8.90. The number of aromatic carboxylic acids is 1. The number of carbonyl (C=O) groups is 3. The van der Waals surface area contributed by atoms with Crippen LogP contribution in [0.15, 0.2) is 36.4 Å². The molecule has 1 aromatic carbocycles. The Hall–Kier alpha value is -3.30. The predicted molar refractivity (Wildman–Crippen MR) is 152 cm³/mol. The van der Waals surface area contributed by atoms with Crippen LogP contribution in [0, 0.1) is 18.8 Å². The topological polar surface area (TPSA) is 148 Å². The molecule has 4 atom stereocenters. The number of quaternary nitrogens is 1. The molecule has 2 heterocycles. The molecule has 1 saturated heterocycles. The van der Waals surface area contributed by atoms with Gasteiger partial charge in [-0.3, -0.25) is 10.1 Å². The molecule has 0 spiro atoms. The molecule has 1 aliphatic heterocycles. The van der Waals surface area contributed by atoms with Crippen molar-refractivity contribution in [1.82, 2.24) is 10.3 Å². The van der Waals surface area contributed by atoms with Gasteiger partial charge in [0, 0.05) is 30.1 Å². The smallest absolute Gasteiger partial charge is 0.335 e. The maximum Gasteiger partial charge on any atom is 0.335 e. The quantitative estimate of drug-likeness (QED) is 0.331. The highest BCUT2D eigenvalue weighted by atomic mass is 16.4.